The van der Waals surface area contributed by atoms with Crippen LogP contribution >= 0.6 is 0 Å². The number of unbranched alkanes of at least 4 members (excludes halogenated alkanes) is 9. The van der Waals surface area contributed by atoms with Crippen molar-refractivity contribution in [2.75, 3.05) is 0 Å². The highest BCUT2D eigenvalue weighted by atomic mass is 14.5. The second-order valence-corrected chi connectivity index (χ2v) is 20.1. The molecule has 0 amide bonds. The Hall–Kier alpha value is -3.90. The molecule has 0 saturated heterocycles. The van der Waals surface area contributed by atoms with Gasteiger partial charge in [0.05, 0.1) is 0 Å². The summed E-state index contributed by atoms with van der Waals surface area (Å²) >= 11 is 0. The van der Waals surface area contributed by atoms with Crippen LogP contribution in [0.1, 0.15) is 195 Å². The van der Waals surface area contributed by atoms with Crippen LogP contribution in [0.25, 0.3) is 22.3 Å². The SMILES string of the molecule is CCCCCCCCc1ccc(-c2ccc(CCCCC3(c4cc(C)cc(CCCCCC)c4)c4cc(C(C)(C)C)ccc4-c4ccc(C(C)(C)CC)cc43)cc2)cc1. The number of benzene rings is 5. The minimum absolute atomic E-state index is 0.0731. The maximum absolute atomic E-state index is 2.64. The molecular formula is C59H78. The highest BCUT2D eigenvalue weighted by Gasteiger charge is 2.45. The Morgan fingerprint density at radius 3 is 1.46 bits per heavy atom. The zero-order valence-electron chi connectivity index (χ0n) is 38.8. The smallest absolute Gasteiger partial charge is 0.0464 e. The Labute approximate surface area is 361 Å². The first-order chi connectivity index (χ1) is 28.4. The second-order valence-electron chi connectivity index (χ2n) is 20.1. The lowest BCUT2D eigenvalue weighted by Gasteiger charge is -2.36. The van der Waals surface area contributed by atoms with Crippen molar-refractivity contribution in [2.45, 2.75) is 188 Å². The van der Waals surface area contributed by atoms with Gasteiger partial charge in [-0.25, -0.2) is 0 Å². The molecule has 0 spiro atoms. The summed E-state index contributed by atoms with van der Waals surface area (Å²) in [6.45, 7) is 21.3. The summed E-state index contributed by atoms with van der Waals surface area (Å²) < 4.78 is 0. The van der Waals surface area contributed by atoms with Crippen LogP contribution in [0.3, 0.4) is 0 Å². The van der Waals surface area contributed by atoms with Crippen LogP contribution < -0.4 is 0 Å². The zero-order valence-corrected chi connectivity index (χ0v) is 38.8. The van der Waals surface area contributed by atoms with Crippen LogP contribution in [-0.4, -0.2) is 0 Å². The summed E-state index contributed by atoms with van der Waals surface area (Å²) in [5.41, 5.74) is 18.8. The van der Waals surface area contributed by atoms with Crippen LogP contribution in [0.5, 0.6) is 0 Å². The molecule has 1 atom stereocenters. The first kappa shape index (κ1) is 44.6. The standard InChI is InChI=1S/C59H78/c1-10-13-15-17-18-20-23-45-26-30-48(31-27-45)49-32-28-46(29-33-49)24-21-22-38-59(52-40-44(4)39-47(41-52)25-19-16-14-11-2)55-42-50(57(5,6)7)34-36-53(55)54-37-35-51(43-56(54)59)58(8,9)12-3/h26-37,39-43H,10-25,38H2,1-9H3. The van der Waals surface area contributed by atoms with Crippen molar-refractivity contribution in [1.82, 2.24) is 0 Å². The van der Waals surface area contributed by atoms with Gasteiger partial charge < -0.3 is 0 Å². The summed E-state index contributed by atoms with van der Waals surface area (Å²) in [5, 5.41) is 0. The van der Waals surface area contributed by atoms with Crippen LogP contribution in [0.4, 0.5) is 0 Å². The van der Waals surface area contributed by atoms with Crippen molar-refractivity contribution >= 4 is 0 Å². The molecule has 0 saturated carbocycles. The fourth-order valence-electron chi connectivity index (χ4n) is 9.79. The highest BCUT2D eigenvalue weighted by molar-refractivity contribution is 5.84. The van der Waals surface area contributed by atoms with Crippen molar-refractivity contribution in [3.8, 4) is 22.3 Å². The van der Waals surface area contributed by atoms with Crippen molar-refractivity contribution in [1.29, 1.82) is 0 Å². The van der Waals surface area contributed by atoms with E-state index in [-0.39, 0.29) is 16.2 Å². The zero-order chi connectivity index (χ0) is 42.0. The molecule has 1 unspecified atom stereocenters. The minimum Gasteiger partial charge on any atom is -0.0654 e. The summed E-state index contributed by atoms with van der Waals surface area (Å²) in [6.07, 6.45) is 21.3. The van der Waals surface area contributed by atoms with Gasteiger partial charge in [0.1, 0.15) is 0 Å². The highest BCUT2D eigenvalue weighted by Crippen LogP contribution is 2.57. The third-order valence-electron chi connectivity index (χ3n) is 14.1. The monoisotopic (exact) mass is 787 g/mol. The lowest BCUT2D eigenvalue weighted by molar-refractivity contribution is 0.498. The molecule has 0 radical (unpaired) electrons. The summed E-state index contributed by atoms with van der Waals surface area (Å²) in [5.74, 6) is 0. The van der Waals surface area contributed by atoms with E-state index in [1.807, 2.05) is 0 Å². The van der Waals surface area contributed by atoms with Gasteiger partial charge in [-0.15, -0.1) is 0 Å². The maximum atomic E-state index is 2.64. The molecule has 0 N–H and O–H groups in total. The van der Waals surface area contributed by atoms with Gasteiger partial charge in [-0.1, -0.05) is 222 Å². The average Bonchev–Trinajstić information content (AvgIpc) is 3.51. The lowest BCUT2D eigenvalue weighted by atomic mass is 9.67. The number of aryl methyl sites for hydroxylation is 4. The molecule has 0 aromatic heterocycles. The number of fused-ring (bicyclic) bond motifs is 3. The van der Waals surface area contributed by atoms with Crippen LogP contribution in [0, 0.1) is 6.92 Å². The van der Waals surface area contributed by atoms with Gasteiger partial charge in [0.15, 0.2) is 0 Å². The maximum Gasteiger partial charge on any atom is 0.0464 e. The molecule has 0 nitrogen and oxygen atoms in total. The summed E-state index contributed by atoms with van der Waals surface area (Å²) in [6, 6.07) is 41.5. The van der Waals surface area contributed by atoms with Gasteiger partial charge in [0.25, 0.3) is 0 Å². The molecular weight excluding hydrogens is 709 g/mol. The molecule has 0 fully saturated rings. The van der Waals surface area contributed by atoms with Crippen LogP contribution in [-0.2, 0) is 35.5 Å². The summed E-state index contributed by atoms with van der Waals surface area (Å²) in [4.78, 5) is 0. The predicted molar refractivity (Wildman–Crippen MR) is 259 cm³/mol. The van der Waals surface area contributed by atoms with E-state index in [1.54, 1.807) is 0 Å². The Kier molecular flexibility index (Phi) is 15.2. The Morgan fingerprint density at radius 1 is 0.441 bits per heavy atom. The molecule has 314 valence electrons. The molecule has 59 heavy (non-hydrogen) atoms. The molecule has 5 aromatic carbocycles. The van der Waals surface area contributed by atoms with E-state index >= 15 is 0 Å². The Bertz CT molecular complexity index is 2080. The van der Waals surface area contributed by atoms with Gasteiger partial charge in [-0.3, -0.25) is 0 Å². The minimum atomic E-state index is -0.193. The molecule has 0 bridgehead atoms. The van der Waals surface area contributed by atoms with Gasteiger partial charge in [0.2, 0.25) is 0 Å². The van der Waals surface area contributed by atoms with Gasteiger partial charge in [-0.2, -0.15) is 0 Å². The Morgan fingerprint density at radius 2 is 0.915 bits per heavy atom. The Balaban J connectivity index is 1.28. The lowest BCUT2D eigenvalue weighted by Crippen LogP contribution is -2.29. The molecule has 0 heterocycles. The molecule has 5 aromatic rings. The third kappa shape index (κ3) is 10.7. The molecule has 0 aliphatic heterocycles. The molecule has 1 aliphatic carbocycles. The van der Waals surface area contributed by atoms with Gasteiger partial charge in [-0.05, 0) is 136 Å². The van der Waals surface area contributed by atoms with E-state index < -0.39 is 0 Å². The largest absolute Gasteiger partial charge is 0.0654 e. The van der Waals surface area contributed by atoms with E-state index in [4.69, 9.17) is 0 Å². The number of rotatable bonds is 21. The van der Waals surface area contributed by atoms with E-state index in [9.17, 15) is 0 Å². The van der Waals surface area contributed by atoms with E-state index in [0.717, 1.165) is 25.7 Å². The topological polar surface area (TPSA) is 0 Å². The van der Waals surface area contributed by atoms with Crippen molar-refractivity contribution < 1.29 is 0 Å². The molecule has 0 heteroatoms. The van der Waals surface area contributed by atoms with E-state index in [2.05, 4.69) is 165 Å². The first-order valence-electron chi connectivity index (χ1n) is 24.0. The average molecular weight is 787 g/mol. The van der Waals surface area contributed by atoms with Crippen molar-refractivity contribution in [3.63, 3.8) is 0 Å². The quantitative estimate of drug-likeness (QED) is 0.0650. The van der Waals surface area contributed by atoms with Crippen molar-refractivity contribution in [2.24, 2.45) is 0 Å². The van der Waals surface area contributed by atoms with Crippen LogP contribution in [0.2, 0.25) is 0 Å². The number of hydrogen-bond acceptors (Lipinski definition) is 0. The third-order valence-corrected chi connectivity index (χ3v) is 14.1. The fraction of sp³-hybridized carbons (Fsp3) is 0.492. The normalized spacial score (nSPS) is 15.1. The van der Waals surface area contributed by atoms with E-state index in [0.29, 0.717) is 0 Å². The van der Waals surface area contributed by atoms with Gasteiger partial charge in [0, 0.05) is 5.41 Å². The molecule has 1 aliphatic rings. The second kappa shape index (κ2) is 20.1. The number of hydrogen-bond donors (Lipinski definition) is 0. The molecule has 6 rings (SSSR count). The first-order valence-corrected chi connectivity index (χ1v) is 24.0. The van der Waals surface area contributed by atoms with Crippen molar-refractivity contribution in [3.05, 3.63) is 153 Å². The summed E-state index contributed by atoms with van der Waals surface area (Å²) in [7, 11) is 0. The van der Waals surface area contributed by atoms with Gasteiger partial charge >= 0.3 is 0 Å². The predicted octanol–water partition coefficient (Wildman–Crippen LogP) is 17.4. The van der Waals surface area contributed by atoms with Crippen LogP contribution in [0.15, 0.2) is 103 Å². The van der Waals surface area contributed by atoms with E-state index in [1.165, 1.54) is 156 Å². The fourth-order valence-corrected chi connectivity index (χ4v) is 9.79.